The Bertz CT molecular complexity index is 433. The molecule has 1 N–H and O–H groups in total. The van der Waals surface area contributed by atoms with Gasteiger partial charge in [0.15, 0.2) is 0 Å². The number of nitrogens with one attached hydrogen (secondary N) is 1. The Balaban J connectivity index is 2.00. The number of nitro groups is 1. The Hall–Kier alpha value is -0.980. The Morgan fingerprint density at radius 1 is 1.44 bits per heavy atom. The van der Waals surface area contributed by atoms with Gasteiger partial charge in [0.2, 0.25) is 0 Å². The fourth-order valence-electron chi connectivity index (χ4n) is 2.00. The Morgan fingerprint density at radius 3 is 2.83 bits per heavy atom. The molecular formula is C12H15BrN2O3. The number of nitrogens with zero attached hydrogens (tertiary/aromatic N) is 1. The molecule has 1 aliphatic heterocycles. The van der Waals surface area contributed by atoms with Gasteiger partial charge in [0, 0.05) is 31.9 Å². The zero-order chi connectivity index (χ0) is 13.0. The molecule has 18 heavy (non-hydrogen) atoms. The highest BCUT2D eigenvalue weighted by molar-refractivity contribution is 9.10. The molecule has 1 aliphatic rings. The summed E-state index contributed by atoms with van der Waals surface area (Å²) >= 11 is 3.30. The first-order valence-electron chi connectivity index (χ1n) is 5.91. The lowest BCUT2D eigenvalue weighted by atomic mass is 10.1. The van der Waals surface area contributed by atoms with Crippen LogP contribution in [0, 0.1) is 10.1 Å². The first kappa shape index (κ1) is 13.5. The van der Waals surface area contributed by atoms with Crippen LogP contribution in [0.3, 0.4) is 0 Å². The number of benzene rings is 1. The minimum Gasteiger partial charge on any atom is -0.381 e. The van der Waals surface area contributed by atoms with Crippen molar-refractivity contribution in [2.24, 2.45) is 0 Å². The molecule has 1 aromatic carbocycles. The highest BCUT2D eigenvalue weighted by Gasteiger charge is 2.17. The quantitative estimate of drug-likeness (QED) is 0.685. The van der Waals surface area contributed by atoms with E-state index in [-0.39, 0.29) is 10.6 Å². The second kappa shape index (κ2) is 6.26. The predicted molar refractivity (Wildman–Crippen MR) is 71.5 cm³/mol. The van der Waals surface area contributed by atoms with Crippen molar-refractivity contribution in [1.82, 2.24) is 5.32 Å². The minimum atomic E-state index is -0.373. The van der Waals surface area contributed by atoms with Gasteiger partial charge in [-0.15, -0.1) is 0 Å². The fraction of sp³-hybridized carbons (Fsp3) is 0.500. The predicted octanol–water partition coefficient (Wildman–Crippen LogP) is 2.63. The van der Waals surface area contributed by atoms with E-state index < -0.39 is 0 Å². The van der Waals surface area contributed by atoms with Crippen LogP contribution in [-0.2, 0) is 11.3 Å². The van der Waals surface area contributed by atoms with E-state index in [9.17, 15) is 10.1 Å². The molecule has 0 amide bonds. The summed E-state index contributed by atoms with van der Waals surface area (Å²) < 4.78 is 5.85. The first-order valence-corrected chi connectivity index (χ1v) is 6.70. The van der Waals surface area contributed by atoms with Gasteiger partial charge in [-0.25, -0.2) is 0 Å². The molecule has 0 saturated carbocycles. The van der Waals surface area contributed by atoms with Crippen LogP contribution in [0.2, 0.25) is 0 Å². The van der Waals surface area contributed by atoms with Crippen LogP contribution in [0.1, 0.15) is 18.4 Å². The smallest absolute Gasteiger partial charge is 0.283 e. The third-order valence-electron chi connectivity index (χ3n) is 3.06. The molecule has 0 unspecified atom stereocenters. The van der Waals surface area contributed by atoms with Crippen LogP contribution in [-0.4, -0.2) is 24.2 Å². The van der Waals surface area contributed by atoms with Crippen molar-refractivity contribution in [3.63, 3.8) is 0 Å². The molecule has 0 aliphatic carbocycles. The second-order valence-corrected chi connectivity index (χ2v) is 5.07. The van der Waals surface area contributed by atoms with Crippen molar-refractivity contribution in [3.8, 4) is 0 Å². The summed E-state index contributed by atoms with van der Waals surface area (Å²) in [5.41, 5.74) is 1.02. The Kier molecular flexibility index (Phi) is 4.68. The lowest BCUT2D eigenvalue weighted by Crippen LogP contribution is -2.34. The first-order chi connectivity index (χ1) is 8.68. The van der Waals surface area contributed by atoms with E-state index in [1.807, 2.05) is 6.07 Å². The largest absolute Gasteiger partial charge is 0.381 e. The van der Waals surface area contributed by atoms with Crippen LogP contribution in [0.5, 0.6) is 0 Å². The zero-order valence-electron chi connectivity index (χ0n) is 9.89. The maximum atomic E-state index is 10.8. The van der Waals surface area contributed by atoms with E-state index in [1.165, 1.54) is 6.07 Å². The SMILES string of the molecule is O=[N+]([O-])c1cccc(CNC2CCOCC2)c1Br. The van der Waals surface area contributed by atoms with E-state index in [4.69, 9.17) is 4.74 Å². The van der Waals surface area contributed by atoms with Gasteiger partial charge >= 0.3 is 0 Å². The maximum Gasteiger partial charge on any atom is 0.283 e. The van der Waals surface area contributed by atoms with Crippen molar-refractivity contribution in [2.75, 3.05) is 13.2 Å². The van der Waals surface area contributed by atoms with E-state index in [0.29, 0.717) is 17.1 Å². The van der Waals surface area contributed by atoms with Crippen molar-refractivity contribution in [3.05, 3.63) is 38.3 Å². The van der Waals surface area contributed by atoms with E-state index in [1.54, 1.807) is 6.07 Å². The van der Waals surface area contributed by atoms with E-state index in [0.717, 1.165) is 31.6 Å². The van der Waals surface area contributed by atoms with Gasteiger partial charge in [0.05, 0.1) is 9.40 Å². The summed E-state index contributed by atoms with van der Waals surface area (Å²) in [4.78, 5) is 10.4. The third-order valence-corrected chi connectivity index (χ3v) is 3.97. The molecule has 6 heteroatoms. The molecule has 98 valence electrons. The number of nitro benzene ring substituents is 1. The van der Waals surface area contributed by atoms with Crippen LogP contribution >= 0.6 is 15.9 Å². The molecule has 0 atom stereocenters. The van der Waals surface area contributed by atoms with Crippen LogP contribution in [0.25, 0.3) is 0 Å². The molecule has 0 aromatic heterocycles. The summed E-state index contributed by atoms with van der Waals surface area (Å²) in [6.45, 7) is 2.20. The monoisotopic (exact) mass is 314 g/mol. The van der Waals surface area contributed by atoms with E-state index >= 15 is 0 Å². The lowest BCUT2D eigenvalue weighted by Gasteiger charge is -2.23. The number of hydrogen-bond donors (Lipinski definition) is 1. The molecule has 0 radical (unpaired) electrons. The van der Waals surface area contributed by atoms with Gasteiger partial charge < -0.3 is 10.1 Å². The molecule has 1 fully saturated rings. The van der Waals surface area contributed by atoms with Crippen molar-refractivity contribution >= 4 is 21.6 Å². The summed E-state index contributed by atoms with van der Waals surface area (Å²) in [5, 5.41) is 14.2. The normalized spacial score (nSPS) is 16.7. The zero-order valence-corrected chi connectivity index (χ0v) is 11.5. The summed E-state index contributed by atoms with van der Waals surface area (Å²) in [7, 11) is 0. The fourth-order valence-corrected chi connectivity index (χ4v) is 2.55. The highest BCUT2D eigenvalue weighted by atomic mass is 79.9. The topological polar surface area (TPSA) is 64.4 Å². The molecule has 1 saturated heterocycles. The van der Waals surface area contributed by atoms with Crippen molar-refractivity contribution in [2.45, 2.75) is 25.4 Å². The average molecular weight is 315 g/mol. The number of halogens is 1. The summed E-state index contributed by atoms with van der Waals surface area (Å²) in [5.74, 6) is 0. The molecule has 5 nitrogen and oxygen atoms in total. The van der Waals surface area contributed by atoms with Gasteiger partial charge in [-0.2, -0.15) is 0 Å². The molecule has 0 spiro atoms. The number of rotatable bonds is 4. The third kappa shape index (κ3) is 3.28. The summed E-state index contributed by atoms with van der Waals surface area (Å²) in [6.07, 6.45) is 1.99. The minimum absolute atomic E-state index is 0.112. The van der Waals surface area contributed by atoms with Crippen LogP contribution in [0.15, 0.2) is 22.7 Å². The number of hydrogen-bond acceptors (Lipinski definition) is 4. The van der Waals surface area contributed by atoms with Gasteiger partial charge in [-0.3, -0.25) is 10.1 Å². The van der Waals surface area contributed by atoms with Gasteiger partial charge in [-0.05, 0) is 34.3 Å². The van der Waals surface area contributed by atoms with Gasteiger partial charge in [-0.1, -0.05) is 12.1 Å². The maximum absolute atomic E-state index is 10.8. The summed E-state index contributed by atoms with van der Waals surface area (Å²) in [6, 6.07) is 5.54. The second-order valence-electron chi connectivity index (χ2n) is 4.27. The van der Waals surface area contributed by atoms with Crippen molar-refractivity contribution in [1.29, 1.82) is 0 Å². The van der Waals surface area contributed by atoms with Crippen molar-refractivity contribution < 1.29 is 9.66 Å². The van der Waals surface area contributed by atoms with Gasteiger partial charge in [0.1, 0.15) is 0 Å². The highest BCUT2D eigenvalue weighted by Crippen LogP contribution is 2.28. The molecule has 2 rings (SSSR count). The average Bonchev–Trinajstić information content (AvgIpc) is 2.38. The molecule has 0 bridgehead atoms. The van der Waals surface area contributed by atoms with E-state index in [2.05, 4.69) is 21.2 Å². The number of ether oxygens (including phenoxy) is 1. The molecule has 1 heterocycles. The standard InChI is InChI=1S/C12H15BrN2O3/c13-12-9(2-1-3-11(12)15(16)17)8-14-10-4-6-18-7-5-10/h1-3,10,14H,4-8H2. The Morgan fingerprint density at radius 2 is 2.17 bits per heavy atom. The van der Waals surface area contributed by atoms with Crippen LogP contribution < -0.4 is 5.32 Å². The molecular weight excluding hydrogens is 300 g/mol. The van der Waals surface area contributed by atoms with Crippen LogP contribution in [0.4, 0.5) is 5.69 Å². The van der Waals surface area contributed by atoms with Gasteiger partial charge in [0.25, 0.3) is 5.69 Å². The lowest BCUT2D eigenvalue weighted by molar-refractivity contribution is -0.385. The Labute approximate surface area is 114 Å². The molecule has 1 aromatic rings.